The molecule has 3 nitrogen and oxygen atoms in total. The van der Waals surface area contributed by atoms with Gasteiger partial charge >= 0.3 is 0 Å². The second-order valence-corrected chi connectivity index (χ2v) is 4.54. The van der Waals surface area contributed by atoms with Gasteiger partial charge in [0.2, 0.25) is 0 Å². The van der Waals surface area contributed by atoms with Crippen molar-refractivity contribution in [3.63, 3.8) is 0 Å². The van der Waals surface area contributed by atoms with Crippen molar-refractivity contribution in [2.45, 2.75) is 25.9 Å². The quantitative estimate of drug-likeness (QED) is 0.844. The van der Waals surface area contributed by atoms with Gasteiger partial charge in [0.1, 0.15) is 5.75 Å². The Morgan fingerprint density at radius 3 is 2.81 bits per heavy atom. The summed E-state index contributed by atoms with van der Waals surface area (Å²) >= 11 is 3.40. The van der Waals surface area contributed by atoms with E-state index >= 15 is 0 Å². The maximum Gasteiger partial charge on any atom is 0.124 e. The van der Waals surface area contributed by atoms with Gasteiger partial charge in [-0.15, -0.1) is 0 Å². The normalized spacial score (nSPS) is 12.5. The summed E-state index contributed by atoms with van der Waals surface area (Å²) in [6.45, 7) is 2.91. The lowest BCUT2D eigenvalue weighted by Gasteiger charge is -2.15. The molecule has 0 spiro atoms. The highest BCUT2D eigenvalue weighted by Gasteiger charge is 2.07. The van der Waals surface area contributed by atoms with Crippen LogP contribution in [0.25, 0.3) is 0 Å². The Balaban J connectivity index is 2.65. The lowest BCUT2D eigenvalue weighted by Crippen LogP contribution is -2.31. The zero-order chi connectivity index (χ0) is 12.0. The maximum absolute atomic E-state index is 9.07. The minimum Gasteiger partial charge on any atom is -0.496 e. The van der Waals surface area contributed by atoms with Gasteiger partial charge in [-0.3, -0.25) is 0 Å². The van der Waals surface area contributed by atoms with Gasteiger partial charge in [0.05, 0.1) is 13.7 Å². The molecule has 1 aromatic carbocycles. The molecule has 0 saturated carbocycles. The molecule has 0 fully saturated rings. The number of aliphatic hydroxyl groups is 1. The molecular formula is C12H18BrNO2. The minimum atomic E-state index is 0.147. The molecule has 1 unspecified atom stereocenters. The smallest absolute Gasteiger partial charge is 0.124 e. The summed E-state index contributed by atoms with van der Waals surface area (Å²) < 4.78 is 6.30. The number of hydrogen-bond acceptors (Lipinski definition) is 3. The molecule has 0 saturated heterocycles. The first kappa shape index (κ1) is 13.5. The summed E-state index contributed by atoms with van der Waals surface area (Å²) in [5.74, 6) is 0.856. The topological polar surface area (TPSA) is 41.5 Å². The van der Waals surface area contributed by atoms with Crippen LogP contribution in [0, 0.1) is 0 Å². The first-order valence-corrected chi connectivity index (χ1v) is 6.17. The van der Waals surface area contributed by atoms with Gasteiger partial charge in [0.25, 0.3) is 0 Å². The Labute approximate surface area is 105 Å². The van der Waals surface area contributed by atoms with Crippen LogP contribution in [-0.2, 0) is 6.54 Å². The van der Waals surface area contributed by atoms with E-state index in [2.05, 4.69) is 21.2 Å². The third kappa shape index (κ3) is 3.77. The Hall–Kier alpha value is -0.580. The van der Waals surface area contributed by atoms with Crippen molar-refractivity contribution in [1.82, 2.24) is 5.32 Å². The second kappa shape index (κ2) is 6.89. The number of aliphatic hydroxyl groups excluding tert-OH is 1. The van der Waals surface area contributed by atoms with Gasteiger partial charge < -0.3 is 15.2 Å². The predicted molar refractivity (Wildman–Crippen MR) is 68.7 cm³/mol. The predicted octanol–water partition coefficient (Wildman–Crippen LogP) is 2.32. The summed E-state index contributed by atoms with van der Waals surface area (Å²) in [5.41, 5.74) is 1.10. The van der Waals surface area contributed by atoms with Crippen LogP contribution in [0.2, 0.25) is 0 Å². The number of halogens is 1. The number of ether oxygens (including phenoxy) is 1. The molecular weight excluding hydrogens is 270 g/mol. The molecule has 1 atom stereocenters. The van der Waals surface area contributed by atoms with Gasteiger partial charge in [-0.2, -0.15) is 0 Å². The van der Waals surface area contributed by atoms with Crippen molar-refractivity contribution in [3.8, 4) is 5.75 Å². The van der Waals surface area contributed by atoms with Gasteiger partial charge in [-0.05, 0) is 18.6 Å². The molecule has 0 aliphatic carbocycles. The van der Waals surface area contributed by atoms with E-state index in [0.29, 0.717) is 6.54 Å². The van der Waals surface area contributed by atoms with Crippen LogP contribution < -0.4 is 10.1 Å². The van der Waals surface area contributed by atoms with Crippen molar-refractivity contribution < 1.29 is 9.84 Å². The molecule has 0 aliphatic rings. The lowest BCUT2D eigenvalue weighted by molar-refractivity contribution is 0.238. The van der Waals surface area contributed by atoms with E-state index in [4.69, 9.17) is 9.84 Å². The summed E-state index contributed by atoms with van der Waals surface area (Å²) in [5, 5.41) is 12.4. The van der Waals surface area contributed by atoms with E-state index in [1.165, 1.54) is 0 Å². The Kier molecular flexibility index (Phi) is 5.80. The highest BCUT2D eigenvalue weighted by molar-refractivity contribution is 9.10. The summed E-state index contributed by atoms with van der Waals surface area (Å²) in [7, 11) is 1.66. The standard InChI is InChI=1S/C12H18BrNO2/c1-3-11(8-15)14-7-9-4-5-10(13)6-12(9)16-2/h4-6,11,14-15H,3,7-8H2,1-2H3. The largest absolute Gasteiger partial charge is 0.496 e. The van der Waals surface area contributed by atoms with Gasteiger partial charge in [-0.25, -0.2) is 0 Å². The number of rotatable bonds is 6. The van der Waals surface area contributed by atoms with Crippen molar-refractivity contribution in [1.29, 1.82) is 0 Å². The van der Waals surface area contributed by atoms with Gasteiger partial charge in [-0.1, -0.05) is 28.9 Å². The van der Waals surface area contributed by atoms with Crippen molar-refractivity contribution in [2.75, 3.05) is 13.7 Å². The first-order chi connectivity index (χ1) is 7.71. The number of nitrogens with one attached hydrogen (secondary N) is 1. The third-order valence-electron chi connectivity index (χ3n) is 2.54. The zero-order valence-corrected chi connectivity index (χ0v) is 11.3. The van der Waals surface area contributed by atoms with Crippen molar-refractivity contribution in [2.24, 2.45) is 0 Å². The van der Waals surface area contributed by atoms with E-state index in [9.17, 15) is 0 Å². The maximum atomic E-state index is 9.07. The summed E-state index contributed by atoms with van der Waals surface area (Å²) in [6.07, 6.45) is 0.912. The number of hydrogen-bond donors (Lipinski definition) is 2. The van der Waals surface area contributed by atoms with Crippen LogP contribution in [0.15, 0.2) is 22.7 Å². The van der Waals surface area contributed by atoms with Crippen LogP contribution in [0.4, 0.5) is 0 Å². The molecule has 16 heavy (non-hydrogen) atoms. The van der Waals surface area contributed by atoms with E-state index in [0.717, 1.165) is 22.2 Å². The molecule has 2 N–H and O–H groups in total. The summed E-state index contributed by atoms with van der Waals surface area (Å²) in [4.78, 5) is 0. The first-order valence-electron chi connectivity index (χ1n) is 5.38. The highest BCUT2D eigenvalue weighted by Crippen LogP contribution is 2.23. The van der Waals surface area contributed by atoms with E-state index < -0.39 is 0 Å². The Morgan fingerprint density at radius 2 is 2.25 bits per heavy atom. The second-order valence-electron chi connectivity index (χ2n) is 3.62. The zero-order valence-electron chi connectivity index (χ0n) is 9.66. The van der Waals surface area contributed by atoms with E-state index in [1.807, 2.05) is 25.1 Å². The van der Waals surface area contributed by atoms with E-state index in [-0.39, 0.29) is 12.6 Å². The monoisotopic (exact) mass is 287 g/mol. The highest BCUT2D eigenvalue weighted by atomic mass is 79.9. The molecule has 0 heterocycles. The van der Waals surface area contributed by atoms with Crippen LogP contribution in [0.1, 0.15) is 18.9 Å². The van der Waals surface area contributed by atoms with Gasteiger partial charge in [0.15, 0.2) is 0 Å². The molecule has 1 aromatic rings. The molecule has 90 valence electrons. The van der Waals surface area contributed by atoms with Gasteiger partial charge in [0, 0.05) is 22.6 Å². The lowest BCUT2D eigenvalue weighted by atomic mass is 10.1. The molecule has 1 rings (SSSR count). The van der Waals surface area contributed by atoms with E-state index in [1.54, 1.807) is 7.11 Å². The molecule has 0 bridgehead atoms. The van der Waals surface area contributed by atoms with Crippen molar-refractivity contribution >= 4 is 15.9 Å². The minimum absolute atomic E-state index is 0.147. The fourth-order valence-corrected chi connectivity index (χ4v) is 1.80. The SMILES string of the molecule is CCC(CO)NCc1ccc(Br)cc1OC. The van der Waals surface area contributed by atoms with Crippen LogP contribution in [0.5, 0.6) is 5.75 Å². The average Bonchev–Trinajstić information content (AvgIpc) is 2.31. The Morgan fingerprint density at radius 1 is 1.50 bits per heavy atom. The Bertz CT molecular complexity index is 327. The molecule has 0 radical (unpaired) electrons. The number of methoxy groups -OCH3 is 1. The summed E-state index contributed by atoms with van der Waals surface area (Å²) in [6, 6.07) is 6.09. The fraction of sp³-hybridized carbons (Fsp3) is 0.500. The molecule has 0 aromatic heterocycles. The van der Waals surface area contributed by atoms with Crippen molar-refractivity contribution in [3.05, 3.63) is 28.2 Å². The molecule has 0 amide bonds. The number of benzene rings is 1. The average molecular weight is 288 g/mol. The third-order valence-corrected chi connectivity index (χ3v) is 3.04. The van der Waals surface area contributed by atoms with Crippen LogP contribution >= 0.6 is 15.9 Å². The fourth-order valence-electron chi connectivity index (χ4n) is 1.46. The molecule has 4 heteroatoms. The van der Waals surface area contributed by atoms with Crippen LogP contribution in [0.3, 0.4) is 0 Å². The molecule has 0 aliphatic heterocycles. The van der Waals surface area contributed by atoms with Crippen LogP contribution in [-0.4, -0.2) is 24.9 Å².